The number of aromatic nitrogens is 1. The molecule has 2 aromatic carbocycles. The Kier molecular flexibility index (Phi) is 6.33. The van der Waals surface area contributed by atoms with Gasteiger partial charge in [-0.1, -0.05) is 55.8 Å². The quantitative estimate of drug-likeness (QED) is 0.510. The van der Waals surface area contributed by atoms with Crippen molar-refractivity contribution in [2.45, 2.75) is 33.4 Å². The van der Waals surface area contributed by atoms with E-state index in [1.54, 1.807) is 18.0 Å². The molecule has 0 saturated heterocycles. The lowest BCUT2D eigenvalue weighted by Gasteiger charge is -2.27. The number of carbonyl (C=O) groups excluding carboxylic acids is 2. The second-order valence-electron chi connectivity index (χ2n) is 8.16. The van der Waals surface area contributed by atoms with Crippen LogP contribution in [0.2, 0.25) is 5.02 Å². The van der Waals surface area contributed by atoms with E-state index in [0.717, 1.165) is 22.0 Å². The minimum atomic E-state index is -0.570. The molecule has 1 unspecified atom stereocenters. The predicted molar refractivity (Wildman–Crippen MR) is 128 cm³/mol. The first-order valence-electron chi connectivity index (χ1n) is 10.8. The van der Waals surface area contributed by atoms with Crippen molar-refractivity contribution in [3.63, 3.8) is 0 Å². The number of aliphatic imine (C=N–C) groups is 1. The van der Waals surface area contributed by atoms with E-state index < -0.39 is 12.0 Å². The summed E-state index contributed by atoms with van der Waals surface area (Å²) in [6.07, 6.45) is 1.78. The second kappa shape index (κ2) is 9.17. The average molecular weight is 452 g/mol. The molecule has 0 spiro atoms. The van der Waals surface area contributed by atoms with Gasteiger partial charge in [-0.25, -0.2) is 0 Å². The number of rotatable bonds is 6. The highest BCUT2D eigenvalue weighted by molar-refractivity contribution is 6.30. The first kappa shape index (κ1) is 22.1. The van der Waals surface area contributed by atoms with E-state index in [1.807, 2.05) is 62.4 Å². The molecule has 6 nitrogen and oxygen atoms in total. The molecular weight excluding hydrogens is 426 g/mol. The summed E-state index contributed by atoms with van der Waals surface area (Å²) in [5.74, 6) is -0.00254. The fourth-order valence-corrected chi connectivity index (χ4v) is 4.22. The molecule has 1 amide bonds. The van der Waals surface area contributed by atoms with Crippen LogP contribution in [0.25, 0.3) is 10.9 Å². The van der Waals surface area contributed by atoms with Gasteiger partial charge in [0.1, 0.15) is 18.4 Å². The number of halogens is 1. The monoisotopic (exact) mass is 451 g/mol. The molecule has 32 heavy (non-hydrogen) atoms. The summed E-state index contributed by atoms with van der Waals surface area (Å²) in [6.45, 7) is 6.27. The third-order valence-corrected chi connectivity index (χ3v) is 5.85. The van der Waals surface area contributed by atoms with Crippen LogP contribution in [0.1, 0.15) is 31.9 Å². The Morgan fingerprint density at radius 1 is 1.16 bits per heavy atom. The molecule has 0 saturated carbocycles. The molecule has 0 radical (unpaired) electrons. The molecule has 3 aromatic rings. The van der Waals surface area contributed by atoms with Crippen LogP contribution in [0, 0.1) is 5.92 Å². The highest BCUT2D eigenvalue weighted by Gasteiger charge is 2.35. The van der Waals surface area contributed by atoms with Crippen molar-refractivity contribution in [3.05, 3.63) is 64.7 Å². The molecule has 0 fully saturated rings. The maximum atomic E-state index is 13.6. The number of carbonyl (C=O) groups is 2. The number of ether oxygens (including phenoxy) is 1. The summed E-state index contributed by atoms with van der Waals surface area (Å²) in [5, 5.41) is 1.64. The summed E-state index contributed by atoms with van der Waals surface area (Å²) in [7, 11) is 0. The summed E-state index contributed by atoms with van der Waals surface area (Å²) < 4.78 is 7.26. The zero-order chi connectivity index (χ0) is 22.8. The van der Waals surface area contributed by atoms with Gasteiger partial charge in [-0.3, -0.25) is 19.5 Å². The molecule has 0 N–H and O–H groups in total. The maximum absolute atomic E-state index is 13.6. The lowest BCUT2D eigenvalue weighted by atomic mass is 10.0. The van der Waals surface area contributed by atoms with Gasteiger partial charge in [0.15, 0.2) is 0 Å². The number of hydrogen-bond acceptors (Lipinski definition) is 4. The number of benzene rings is 2. The average Bonchev–Trinajstić information content (AvgIpc) is 2.98. The van der Waals surface area contributed by atoms with Gasteiger partial charge in [0.2, 0.25) is 0 Å². The highest BCUT2D eigenvalue weighted by Crippen LogP contribution is 2.35. The molecule has 1 aliphatic heterocycles. The molecule has 2 heterocycles. The molecule has 166 valence electrons. The second-order valence-corrected chi connectivity index (χ2v) is 8.60. The number of hydrogen-bond donors (Lipinski definition) is 0. The molecule has 4 rings (SSSR count). The number of para-hydroxylation sites is 1. The Bertz CT molecular complexity index is 1180. The van der Waals surface area contributed by atoms with E-state index in [1.165, 1.54) is 0 Å². The highest BCUT2D eigenvalue weighted by atomic mass is 35.5. The SMILES string of the molecule is CCOC(=O)CN1C(=O)C(C(C)C)N=Cc2c1n(Cc1ccc(Cl)cc1)c1ccccc21. The Morgan fingerprint density at radius 2 is 1.88 bits per heavy atom. The van der Waals surface area contributed by atoms with Crippen LogP contribution >= 0.6 is 11.6 Å². The van der Waals surface area contributed by atoms with Crippen LogP contribution in [-0.4, -0.2) is 41.9 Å². The Hall–Kier alpha value is -3.12. The van der Waals surface area contributed by atoms with Crippen molar-refractivity contribution >= 4 is 46.4 Å². The van der Waals surface area contributed by atoms with Crippen LogP contribution in [0.5, 0.6) is 0 Å². The maximum Gasteiger partial charge on any atom is 0.326 e. The number of anilines is 1. The number of nitrogens with zero attached hydrogens (tertiary/aromatic N) is 3. The number of esters is 1. The molecular formula is C25H26ClN3O3. The largest absolute Gasteiger partial charge is 0.465 e. The van der Waals surface area contributed by atoms with Gasteiger partial charge < -0.3 is 9.30 Å². The van der Waals surface area contributed by atoms with Crippen LogP contribution in [-0.2, 0) is 20.9 Å². The Balaban J connectivity index is 1.92. The number of amides is 1. The topological polar surface area (TPSA) is 63.9 Å². The predicted octanol–water partition coefficient (Wildman–Crippen LogP) is 4.70. The lowest BCUT2D eigenvalue weighted by molar-refractivity contribution is -0.142. The van der Waals surface area contributed by atoms with Crippen LogP contribution in [0.3, 0.4) is 0 Å². The fraction of sp³-hybridized carbons (Fsp3) is 0.320. The molecule has 0 bridgehead atoms. The molecule has 0 aliphatic carbocycles. The van der Waals surface area contributed by atoms with E-state index in [4.69, 9.17) is 16.3 Å². The van der Waals surface area contributed by atoms with Crippen LogP contribution in [0.15, 0.2) is 53.5 Å². The van der Waals surface area contributed by atoms with E-state index in [2.05, 4.69) is 9.56 Å². The lowest BCUT2D eigenvalue weighted by Crippen LogP contribution is -2.44. The van der Waals surface area contributed by atoms with Gasteiger partial charge >= 0.3 is 5.97 Å². The number of fused-ring (bicyclic) bond motifs is 3. The van der Waals surface area contributed by atoms with E-state index in [9.17, 15) is 9.59 Å². The third kappa shape index (κ3) is 4.15. The van der Waals surface area contributed by atoms with Gasteiger partial charge in [-0.2, -0.15) is 0 Å². The first-order valence-corrected chi connectivity index (χ1v) is 11.1. The van der Waals surface area contributed by atoms with Gasteiger partial charge in [0.05, 0.1) is 12.1 Å². The van der Waals surface area contributed by atoms with E-state index in [0.29, 0.717) is 17.4 Å². The van der Waals surface area contributed by atoms with Crippen LogP contribution in [0.4, 0.5) is 5.82 Å². The Labute approximate surface area is 192 Å². The van der Waals surface area contributed by atoms with Gasteiger partial charge in [-0.05, 0) is 36.6 Å². The first-order chi connectivity index (χ1) is 15.4. The molecule has 1 atom stereocenters. The fourth-order valence-electron chi connectivity index (χ4n) is 4.10. The summed E-state index contributed by atoms with van der Waals surface area (Å²) in [4.78, 5) is 32.3. The minimum absolute atomic E-state index is 0.0107. The summed E-state index contributed by atoms with van der Waals surface area (Å²) in [6, 6.07) is 15.0. The van der Waals surface area contributed by atoms with Crippen molar-refractivity contribution in [1.82, 2.24) is 4.57 Å². The smallest absolute Gasteiger partial charge is 0.326 e. The molecule has 1 aliphatic rings. The van der Waals surface area contributed by atoms with Gasteiger partial charge in [-0.15, -0.1) is 0 Å². The van der Waals surface area contributed by atoms with Gasteiger partial charge in [0, 0.05) is 28.7 Å². The van der Waals surface area contributed by atoms with Crippen molar-refractivity contribution in [2.75, 3.05) is 18.1 Å². The molecule has 7 heteroatoms. The van der Waals surface area contributed by atoms with Crippen molar-refractivity contribution < 1.29 is 14.3 Å². The van der Waals surface area contributed by atoms with Crippen LogP contribution < -0.4 is 4.90 Å². The standard InChI is InChI=1S/C25H26ClN3O3/c1-4-32-22(30)15-29-24-20(13-27-23(16(2)3)25(29)31)19-7-5-6-8-21(19)28(24)14-17-9-11-18(26)12-10-17/h5-13,16,23H,4,14-15H2,1-3H3. The summed E-state index contributed by atoms with van der Waals surface area (Å²) in [5.41, 5.74) is 2.82. The zero-order valence-corrected chi connectivity index (χ0v) is 19.2. The van der Waals surface area contributed by atoms with Crippen molar-refractivity contribution in [2.24, 2.45) is 10.9 Å². The zero-order valence-electron chi connectivity index (χ0n) is 18.4. The normalized spacial score (nSPS) is 15.8. The third-order valence-electron chi connectivity index (χ3n) is 5.60. The molecule has 1 aromatic heterocycles. The summed E-state index contributed by atoms with van der Waals surface area (Å²) >= 11 is 6.07. The Morgan fingerprint density at radius 3 is 2.56 bits per heavy atom. The van der Waals surface area contributed by atoms with Crippen molar-refractivity contribution in [1.29, 1.82) is 0 Å². The minimum Gasteiger partial charge on any atom is -0.465 e. The van der Waals surface area contributed by atoms with Crippen molar-refractivity contribution in [3.8, 4) is 0 Å². The van der Waals surface area contributed by atoms with Gasteiger partial charge in [0.25, 0.3) is 5.91 Å². The van der Waals surface area contributed by atoms with E-state index in [-0.39, 0.29) is 25.0 Å². The van der Waals surface area contributed by atoms with E-state index >= 15 is 0 Å².